The Morgan fingerprint density at radius 3 is 2.34 bits per heavy atom. The quantitative estimate of drug-likeness (QED) is 0.526. The Hall–Kier alpha value is -3.18. The van der Waals surface area contributed by atoms with Gasteiger partial charge >= 0.3 is 6.18 Å². The number of sulfonamides is 1. The van der Waals surface area contributed by atoms with Crippen LogP contribution in [0.3, 0.4) is 0 Å². The van der Waals surface area contributed by atoms with Crippen molar-refractivity contribution in [2.24, 2.45) is 5.73 Å². The van der Waals surface area contributed by atoms with E-state index in [0.717, 1.165) is 25.0 Å². The van der Waals surface area contributed by atoms with Crippen molar-refractivity contribution in [1.82, 2.24) is 9.97 Å². The first-order valence-electron chi connectivity index (χ1n) is 11.0. The molecule has 4 rings (SSSR count). The monoisotopic (exact) mass is 505 g/mol. The average Bonchev–Trinajstić information content (AvgIpc) is 2.78. The van der Waals surface area contributed by atoms with E-state index in [-0.39, 0.29) is 27.6 Å². The molecular formula is C24H26F3N5O2S. The van der Waals surface area contributed by atoms with Gasteiger partial charge in [-0.2, -0.15) is 21.6 Å². The molecule has 3 N–H and O–H groups in total. The molecule has 1 aromatic carbocycles. The standard InChI is InChI=1S/C24H26F3N5O2S/c1-16-6-3-4-7-17(16)22-18(24(25,26)27)10-11-19(29-22)31-35(33,34)21-9-5-8-20(30-21)32-14-12-23(2,28)13-15-32/h3-11H,12-15,28H2,1-2H3,(H,29,31). The summed E-state index contributed by atoms with van der Waals surface area (Å²) in [6.07, 6.45) is -3.19. The predicted molar refractivity (Wildman–Crippen MR) is 128 cm³/mol. The highest BCUT2D eigenvalue weighted by atomic mass is 32.2. The van der Waals surface area contributed by atoms with Gasteiger partial charge in [-0.05, 0) is 56.5 Å². The molecule has 1 aliphatic rings. The highest BCUT2D eigenvalue weighted by Crippen LogP contribution is 2.38. The van der Waals surface area contributed by atoms with Gasteiger partial charge in [0, 0.05) is 24.2 Å². The van der Waals surface area contributed by atoms with Crippen molar-refractivity contribution in [3.05, 3.63) is 65.7 Å². The van der Waals surface area contributed by atoms with E-state index >= 15 is 0 Å². The van der Waals surface area contributed by atoms with Crippen molar-refractivity contribution in [3.8, 4) is 11.3 Å². The van der Waals surface area contributed by atoms with Crippen molar-refractivity contribution in [1.29, 1.82) is 0 Å². The molecular weight excluding hydrogens is 479 g/mol. The Kier molecular flexibility index (Phi) is 6.50. The van der Waals surface area contributed by atoms with E-state index in [0.29, 0.717) is 24.5 Å². The Labute approximate surface area is 202 Å². The number of rotatable bonds is 5. The van der Waals surface area contributed by atoms with Gasteiger partial charge in [0.2, 0.25) is 0 Å². The van der Waals surface area contributed by atoms with Gasteiger partial charge in [0.05, 0.1) is 11.3 Å². The second-order valence-electron chi connectivity index (χ2n) is 8.99. The van der Waals surface area contributed by atoms with Gasteiger partial charge in [-0.3, -0.25) is 4.72 Å². The van der Waals surface area contributed by atoms with E-state index in [1.165, 1.54) is 12.1 Å². The molecule has 0 saturated carbocycles. The molecule has 0 spiro atoms. The van der Waals surface area contributed by atoms with E-state index < -0.39 is 21.8 Å². The average molecular weight is 506 g/mol. The van der Waals surface area contributed by atoms with Gasteiger partial charge in [-0.25, -0.2) is 9.97 Å². The van der Waals surface area contributed by atoms with E-state index in [1.54, 1.807) is 37.3 Å². The third-order valence-electron chi connectivity index (χ3n) is 6.05. The summed E-state index contributed by atoms with van der Waals surface area (Å²) in [7, 11) is -4.21. The van der Waals surface area contributed by atoms with E-state index in [9.17, 15) is 21.6 Å². The molecule has 3 aromatic rings. The number of nitrogens with zero attached hydrogens (tertiary/aromatic N) is 3. The number of piperidine rings is 1. The molecule has 7 nitrogen and oxygen atoms in total. The lowest BCUT2D eigenvalue weighted by Crippen LogP contribution is -2.48. The number of hydrogen-bond donors (Lipinski definition) is 2. The van der Waals surface area contributed by atoms with Crippen LogP contribution in [-0.2, 0) is 16.2 Å². The van der Waals surface area contributed by atoms with Crippen LogP contribution in [0.5, 0.6) is 0 Å². The number of alkyl halides is 3. The zero-order valence-corrected chi connectivity index (χ0v) is 20.1. The van der Waals surface area contributed by atoms with Gasteiger partial charge in [0.25, 0.3) is 10.0 Å². The maximum absolute atomic E-state index is 13.7. The minimum absolute atomic E-state index is 0.236. The first-order valence-corrected chi connectivity index (χ1v) is 12.5. The van der Waals surface area contributed by atoms with Gasteiger partial charge in [-0.15, -0.1) is 0 Å². The van der Waals surface area contributed by atoms with Gasteiger partial charge in [0.15, 0.2) is 5.03 Å². The number of aryl methyl sites for hydroxylation is 1. The third kappa shape index (κ3) is 5.57. The zero-order valence-electron chi connectivity index (χ0n) is 19.3. The normalized spacial score (nSPS) is 16.2. The molecule has 11 heteroatoms. The van der Waals surface area contributed by atoms with Crippen molar-refractivity contribution in [2.75, 3.05) is 22.7 Å². The maximum atomic E-state index is 13.7. The Morgan fingerprint density at radius 1 is 1.00 bits per heavy atom. The zero-order chi connectivity index (χ0) is 25.4. The van der Waals surface area contributed by atoms with E-state index in [4.69, 9.17) is 5.73 Å². The highest BCUT2D eigenvalue weighted by Gasteiger charge is 2.35. The van der Waals surface area contributed by atoms with Crippen LogP contribution < -0.4 is 15.4 Å². The summed E-state index contributed by atoms with van der Waals surface area (Å²) >= 11 is 0. The van der Waals surface area contributed by atoms with Crippen LogP contribution in [0.25, 0.3) is 11.3 Å². The summed E-state index contributed by atoms with van der Waals surface area (Å²) in [6.45, 7) is 4.91. The number of anilines is 2. The number of nitrogens with one attached hydrogen (secondary N) is 1. The lowest BCUT2D eigenvalue weighted by Gasteiger charge is -2.37. The van der Waals surface area contributed by atoms with Crippen molar-refractivity contribution in [3.63, 3.8) is 0 Å². The molecule has 0 bridgehead atoms. The second-order valence-corrected chi connectivity index (χ2v) is 10.6. The molecule has 186 valence electrons. The molecule has 0 aliphatic carbocycles. The molecule has 0 amide bonds. The SMILES string of the molecule is Cc1ccccc1-c1nc(NS(=O)(=O)c2cccc(N3CCC(C)(N)CC3)n2)ccc1C(F)(F)F. The summed E-state index contributed by atoms with van der Waals surface area (Å²) in [4.78, 5) is 10.3. The minimum Gasteiger partial charge on any atom is -0.356 e. The first kappa shape index (κ1) is 24.9. The fourth-order valence-corrected chi connectivity index (χ4v) is 4.92. The third-order valence-corrected chi connectivity index (χ3v) is 7.31. The second kappa shape index (κ2) is 9.12. The van der Waals surface area contributed by atoms with Crippen LogP contribution in [0.2, 0.25) is 0 Å². The molecule has 0 unspecified atom stereocenters. The Bertz CT molecular complexity index is 1330. The van der Waals surface area contributed by atoms with Crippen LogP contribution in [0, 0.1) is 6.92 Å². The Morgan fingerprint density at radius 2 is 1.69 bits per heavy atom. The van der Waals surface area contributed by atoms with Gasteiger partial charge in [0.1, 0.15) is 11.6 Å². The topological polar surface area (TPSA) is 101 Å². The number of aromatic nitrogens is 2. The molecule has 3 heterocycles. The van der Waals surface area contributed by atoms with Crippen LogP contribution in [0.15, 0.2) is 59.6 Å². The number of benzene rings is 1. The Balaban J connectivity index is 1.65. The fourth-order valence-electron chi connectivity index (χ4n) is 3.95. The summed E-state index contributed by atoms with van der Waals surface area (Å²) in [5.74, 6) is 0.254. The molecule has 35 heavy (non-hydrogen) atoms. The number of pyridine rings is 2. The molecule has 1 fully saturated rings. The largest absolute Gasteiger partial charge is 0.418 e. The van der Waals surface area contributed by atoms with Crippen molar-refractivity contribution >= 4 is 21.7 Å². The molecule has 1 saturated heterocycles. The minimum atomic E-state index is -4.66. The van der Waals surface area contributed by atoms with Crippen LogP contribution in [-0.4, -0.2) is 37.0 Å². The van der Waals surface area contributed by atoms with Gasteiger partial charge in [-0.1, -0.05) is 30.3 Å². The van der Waals surface area contributed by atoms with Crippen LogP contribution in [0.4, 0.5) is 24.8 Å². The summed E-state index contributed by atoms with van der Waals surface area (Å²) in [5.41, 5.74) is 5.44. The first-order chi connectivity index (χ1) is 16.4. The van der Waals surface area contributed by atoms with Crippen LogP contribution in [0.1, 0.15) is 30.9 Å². The number of halogens is 3. The van der Waals surface area contributed by atoms with Gasteiger partial charge < -0.3 is 10.6 Å². The predicted octanol–water partition coefficient (Wildman–Crippen LogP) is 4.59. The van der Waals surface area contributed by atoms with E-state index in [1.807, 2.05) is 11.8 Å². The molecule has 2 aromatic heterocycles. The molecule has 0 atom stereocenters. The fraction of sp³-hybridized carbons (Fsp3) is 0.333. The lowest BCUT2D eigenvalue weighted by atomic mass is 9.91. The smallest absolute Gasteiger partial charge is 0.356 e. The molecule has 0 radical (unpaired) electrons. The summed E-state index contributed by atoms with van der Waals surface area (Å²) in [5, 5.41) is -0.254. The number of nitrogens with two attached hydrogens (primary N) is 1. The summed E-state index contributed by atoms with van der Waals surface area (Å²) in [6, 6.07) is 12.9. The van der Waals surface area contributed by atoms with Crippen LogP contribution >= 0.6 is 0 Å². The maximum Gasteiger partial charge on any atom is 0.418 e. The van der Waals surface area contributed by atoms with Crippen molar-refractivity contribution in [2.45, 2.75) is 43.4 Å². The van der Waals surface area contributed by atoms with E-state index in [2.05, 4.69) is 14.7 Å². The molecule has 1 aliphatic heterocycles. The summed E-state index contributed by atoms with van der Waals surface area (Å²) < 4.78 is 69.4. The van der Waals surface area contributed by atoms with Crippen molar-refractivity contribution < 1.29 is 21.6 Å². The number of hydrogen-bond acceptors (Lipinski definition) is 6. The lowest BCUT2D eigenvalue weighted by molar-refractivity contribution is -0.137. The highest BCUT2D eigenvalue weighted by molar-refractivity contribution is 7.92.